The molecule has 0 radical (unpaired) electrons. The molecule has 2 heterocycles. The average molecular weight is 1060 g/mol. The zero-order chi connectivity index (χ0) is 55.6. The molecule has 0 atom stereocenters. The number of para-hydroxylation sites is 4. The Balaban J connectivity index is 1.05. The second kappa shape index (κ2) is 18.5. The maximum absolute atomic E-state index is 2.56. The lowest BCUT2D eigenvalue weighted by molar-refractivity contribution is 0.633. The van der Waals surface area contributed by atoms with E-state index < -0.39 is 5.41 Å². The fourth-order valence-corrected chi connectivity index (χ4v) is 15.5. The Morgan fingerprint density at radius 3 is 1.06 bits per heavy atom. The van der Waals surface area contributed by atoms with Crippen molar-refractivity contribution in [2.75, 3.05) is 9.80 Å². The molecule has 0 saturated carbocycles. The molecule has 0 spiro atoms. The maximum Gasteiger partial charge on any atom is 0.0719 e. The van der Waals surface area contributed by atoms with Gasteiger partial charge < -0.3 is 9.80 Å². The van der Waals surface area contributed by atoms with Crippen molar-refractivity contribution in [3.8, 4) is 44.5 Å². The number of nitrogens with zero attached hydrogens (tertiary/aromatic N) is 2. The van der Waals surface area contributed by atoms with E-state index in [0.29, 0.717) is 0 Å². The van der Waals surface area contributed by atoms with Gasteiger partial charge in [0.25, 0.3) is 0 Å². The van der Waals surface area contributed by atoms with Gasteiger partial charge in [-0.2, -0.15) is 0 Å². The van der Waals surface area contributed by atoms with Crippen LogP contribution in [0.15, 0.2) is 291 Å². The van der Waals surface area contributed by atoms with Gasteiger partial charge in [0.15, 0.2) is 0 Å². The monoisotopic (exact) mass is 1060 g/mol. The van der Waals surface area contributed by atoms with Gasteiger partial charge in [-0.3, -0.25) is 0 Å². The standard InChI is InChI=1S/C81H60N2/c1-79(2)69-46-19-21-48-71(69)82(55-32-13-7-14-33-55)73-50-26-42-62(77(73)79)57-37-23-39-60-66(57)52-67-58(63-43-27-51-74-78(63)80(3,4)70-47-20-22-49-72(70)83(74)56-34-15-8-16-35-56)38-24-40-61(67)75(60)65-44-25-41-64-59-36-17-18-45-68(59)81(76(64)65,53-28-9-5-10-29-53)54-30-11-6-12-31-54/h5-52H,1-4H3. The Labute approximate surface area is 486 Å². The third kappa shape index (κ3) is 6.96. The van der Waals surface area contributed by atoms with Crippen LogP contribution in [0.2, 0.25) is 0 Å². The zero-order valence-electron chi connectivity index (χ0n) is 47.1. The van der Waals surface area contributed by atoms with E-state index in [1.807, 2.05) is 0 Å². The highest BCUT2D eigenvalue weighted by molar-refractivity contribution is 6.21. The molecule has 2 heteroatoms. The quantitative estimate of drug-likeness (QED) is 0.147. The number of hydrogen-bond acceptors (Lipinski definition) is 2. The Kier molecular flexibility index (Phi) is 10.9. The third-order valence-corrected chi connectivity index (χ3v) is 18.8. The molecule has 16 rings (SSSR count). The lowest BCUT2D eigenvalue weighted by atomic mass is 9.65. The van der Waals surface area contributed by atoms with Gasteiger partial charge >= 0.3 is 0 Å². The van der Waals surface area contributed by atoms with E-state index in [1.54, 1.807) is 0 Å². The van der Waals surface area contributed by atoms with Crippen molar-refractivity contribution in [1.29, 1.82) is 0 Å². The van der Waals surface area contributed by atoms with Crippen LogP contribution < -0.4 is 9.80 Å². The Morgan fingerprint density at radius 1 is 0.241 bits per heavy atom. The Hall–Kier alpha value is -10.0. The van der Waals surface area contributed by atoms with Gasteiger partial charge in [-0.1, -0.05) is 264 Å². The van der Waals surface area contributed by atoms with Gasteiger partial charge in [-0.05, 0) is 165 Å². The fraction of sp³-hybridized carbons (Fsp3) is 0.0864. The Morgan fingerprint density at radius 2 is 0.578 bits per heavy atom. The molecule has 0 N–H and O–H groups in total. The van der Waals surface area contributed by atoms with Gasteiger partial charge in [0, 0.05) is 22.2 Å². The summed E-state index contributed by atoms with van der Waals surface area (Å²) >= 11 is 0. The van der Waals surface area contributed by atoms with Crippen LogP contribution in [0.4, 0.5) is 34.1 Å². The number of hydrogen-bond donors (Lipinski definition) is 0. The van der Waals surface area contributed by atoms with E-state index in [0.717, 1.165) is 11.4 Å². The van der Waals surface area contributed by atoms with E-state index in [-0.39, 0.29) is 10.8 Å². The normalized spacial score (nSPS) is 14.7. The van der Waals surface area contributed by atoms with E-state index in [2.05, 4.69) is 329 Å². The van der Waals surface area contributed by atoms with Crippen molar-refractivity contribution in [3.05, 3.63) is 336 Å². The first-order chi connectivity index (χ1) is 40.8. The molecule has 394 valence electrons. The molecular weight excluding hydrogens is 1000 g/mol. The zero-order valence-corrected chi connectivity index (χ0v) is 47.1. The highest BCUT2D eigenvalue weighted by Gasteiger charge is 2.48. The number of benzene rings is 13. The van der Waals surface area contributed by atoms with E-state index in [4.69, 9.17) is 0 Å². The van der Waals surface area contributed by atoms with Gasteiger partial charge in [0.1, 0.15) is 0 Å². The summed E-state index contributed by atoms with van der Waals surface area (Å²) in [5.74, 6) is 0. The van der Waals surface area contributed by atoms with Crippen LogP contribution in [-0.4, -0.2) is 0 Å². The van der Waals surface area contributed by atoms with E-state index in [9.17, 15) is 0 Å². The predicted octanol–water partition coefficient (Wildman–Crippen LogP) is 21.6. The largest absolute Gasteiger partial charge is 0.310 e. The molecule has 0 amide bonds. The van der Waals surface area contributed by atoms with Gasteiger partial charge in [0.05, 0.1) is 28.2 Å². The molecule has 2 aliphatic heterocycles. The van der Waals surface area contributed by atoms with Crippen LogP contribution in [0.5, 0.6) is 0 Å². The minimum atomic E-state index is -0.637. The van der Waals surface area contributed by atoms with Crippen molar-refractivity contribution < 1.29 is 0 Å². The average Bonchev–Trinajstić information content (AvgIpc) is 3.08. The summed E-state index contributed by atoms with van der Waals surface area (Å²) in [5, 5.41) is 4.88. The molecule has 0 fully saturated rings. The summed E-state index contributed by atoms with van der Waals surface area (Å²) in [7, 11) is 0. The second-order valence-electron chi connectivity index (χ2n) is 23.8. The first-order valence-corrected chi connectivity index (χ1v) is 29.3. The molecule has 1 aliphatic carbocycles. The molecule has 3 aliphatic rings. The number of anilines is 6. The lowest BCUT2D eigenvalue weighted by Crippen LogP contribution is -2.31. The summed E-state index contributed by atoms with van der Waals surface area (Å²) in [6.07, 6.45) is 0. The van der Waals surface area contributed by atoms with Crippen LogP contribution in [0.25, 0.3) is 66.1 Å². The minimum Gasteiger partial charge on any atom is -0.310 e. The van der Waals surface area contributed by atoms with Crippen LogP contribution in [0.3, 0.4) is 0 Å². The van der Waals surface area contributed by atoms with E-state index in [1.165, 1.54) is 133 Å². The summed E-state index contributed by atoms with van der Waals surface area (Å²) in [6.45, 7) is 9.70. The Bertz CT molecular complexity index is 4480. The van der Waals surface area contributed by atoms with Crippen LogP contribution in [0, 0.1) is 0 Å². The van der Waals surface area contributed by atoms with Crippen LogP contribution >= 0.6 is 0 Å². The predicted molar refractivity (Wildman–Crippen MR) is 349 cm³/mol. The summed E-state index contributed by atoms with van der Waals surface area (Å²) in [6, 6.07) is 110. The highest BCUT2D eigenvalue weighted by atomic mass is 15.2. The molecule has 0 saturated heterocycles. The van der Waals surface area contributed by atoms with Crippen LogP contribution in [-0.2, 0) is 16.2 Å². The van der Waals surface area contributed by atoms with E-state index >= 15 is 0 Å². The van der Waals surface area contributed by atoms with Gasteiger partial charge in [-0.15, -0.1) is 0 Å². The highest BCUT2D eigenvalue weighted by Crippen LogP contribution is 2.62. The maximum atomic E-state index is 2.56. The summed E-state index contributed by atoms with van der Waals surface area (Å²) < 4.78 is 0. The van der Waals surface area contributed by atoms with Crippen LogP contribution in [0.1, 0.15) is 72.2 Å². The first kappa shape index (κ1) is 48.8. The van der Waals surface area contributed by atoms with Gasteiger partial charge in [-0.25, -0.2) is 0 Å². The van der Waals surface area contributed by atoms with Crippen molar-refractivity contribution in [2.24, 2.45) is 0 Å². The van der Waals surface area contributed by atoms with Gasteiger partial charge in [0.2, 0.25) is 0 Å². The van der Waals surface area contributed by atoms with Crippen molar-refractivity contribution in [3.63, 3.8) is 0 Å². The summed E-state index contributed by atoms with van der Waals surface area (Å²) in [4.78, 5) is 4.97. The molecule has 0 bridgehead atoms. The topological polar surface area (TPSA) is 6.48 Å². The second-order valence-corrected chi connectivity index (χ2v) is 23.8. The minimum absolute atomic E-state index is 0.354. The molecule has 2 nitrogen and oxygen atoms in total. The molecule has 13 aromatic rings. The third-order valence-electron chi connectivity index (χ3n) is 18.8. The smallest absolute Gasteiger partial charge is 0.0719 e. The number of fused-ring (bicyclic) bond motifs is 9. The molecule has 83 heavy (non-hydrogen) atoms. The molecule has 0 aromatic heterocycles. The SMILES string of the molecule is CC1(C)c2ccccc2N(c2ccccc2)c2cccc(-c3cccc4c(-c5cccc6c5C(c5ccccc5)(c5ccccc5)c5ccccc5-6)c5cccc(-c6cccc7c6C(C)(C)c6ccccc6N7c6ccccc6)c5cc34)c21. The summed E-state index contributed by atoms with van der Waals surface area (Å²) in [5.41, 5.74) is 26.0. The first-order valence-electron chi connectivity index (χ1n) is 29.3. The fourth-order valence-electron chi connectivity index (χ4n) is 15.5. The van der Waals surface area contributed by atoms with Crippen molar-refractivity contribution in [2.45, 2.75) is 43.9 Å². The lowest BCUT2D eigenvalue weighted by Gasteiger charge is -2.43. The number of rotatable bonds is 7. The molecule has 13 aromatic carbocycles. The van der Waals surface area contributed by atoms with Crippen molar-refractivity contribution >= 4 is 55.7 Å². The molecule has 0 unspecified atom stereocenters. The molecular formula is C81H60N2. The van der Waals surface area contributed by atoms with Crippen molar-refractivity contribution in [1.82, 2.24) is 0 Å².